The van der Waals surface area contributed by atoms with Crippen molar-refractivity contribution in [3.05, 3.63) is 12.7 Å². The number of carbonyl (C=O) groups is 1. The SMILES string of the molecule is C=C[C@H]1CN(C(=O)OC(C)(C)C)CC[C@H]1CN. The Morgan fingerprint density at radius 1 is 1.59 bits per heavy atom. The molecule has 1 fully saturated rings. The van der Waals surface area contributed by atoms with E-state index in [1.54, 1.807) is 4.90 Å². The van der Waals surface area contributed by atoms with Gasteiger partial charge in [0.15, 0.2) is 0 Å². The van der Waals surface area contributed by atoms with E-state index in [0.717, 1.165) is 13.0 Å². The summed E-state index contributed by atoms with van der Waals surface area (Å²) < 4.78 is 5.36. The van der Waals surface area contributed by atoms with Gasteiger partial charge in [-0.1, -0.05) is 6.08 Å². The molecule has 0 aliphatic carbocycles. The molecular formula is C13H24N2O2. The Morgan fingerprint density at radius 3 is 2.71 bits per heavy atom. The lowest BCUT2D eigenvalue weighted by atomic mass is 9.86. The maximum absolute atomic E-state index is 11.9. The molecule has 0 radical (unpaired) electrons. The van der Waals surface area contributed by atoms with Crippen LogP contribution in [-0.4, -0.2) is 36.2 Å². The van der Waals surface area contributed by atoms with Crippen LogP contribution < -0.4 is 5.73 Å². The molecule has 4 nitrogen and oxygen atoms in total. The molecule has 0 bridgehead atoms. The number of ether oxygens (including phenoxy) is 1. The normalized spacial score (nSPS) is 25.5. The molecule has 1 aliphatic rings. The summed E-state index contributed by atoms with van der Waals surface area (Å²) in [4.78, 5) is 13.7. The lowest BCUT2D eigenvalue weighted by Gasteiger charge is -2.37. The molecule has 98 valence electrons. The van der Waals surface area contributed by atoms with Crippen LogP contribution in [0.4, 0.5) is 4.79 Å². The van der Waals surface area contributed by atoms with Crippen molar-refractivity contribution < 1.29 is 9.53 Å². The molecule has 0 saturated carbocycles. The fourth-order valence-electron chi connectivity index (χ4n) is 2.08. The zero-order valence-corrected chi connectivity index (χ0v) is 11.1. The van der Waals surface area contributed by atoms with Crippen molar-refractivity contribution in [3.63, 3.8) is 0 Å². The molecule has 2 N–H and O–H groups in total. The van der Waals surface area contributed by atoms with E-state index < -0.39 is 5.60 Å². The first-order chi connectivity index (χ1) is 7.87. The second-order valence-corrected chi connectivity index (χ2v) is 5.61. The van der Waals surface area contributed by atoms with E-state index in [2.05, 4.69) is 6.58 Å². The standard InChI is InChI=1S/C13H24N2O2/c1-5-10-9-15(7-6-11(10)8-14)12(16)17-13(2,3)4/h5,10-11H,1,6-9,14H2,2-4H3/t10-,11-/m0/s1. The summed E-state index contributed by atoms with van der Waals surface area (Å²) in [5.41, 5.74) is 5.27. The average Bonchev–Trinajstić information content (AvgIpc) is 2.25. The topological polar surface area (TPSA) is 55.6 Å². The molecule has 17 heavy (non-hydrogen) atoms. The number of piperidine rings is 1. The summed E-state index contributed by atoms with van der Waals surface area (Å²) in [5.74, 6) is 0.715. The van der Waals surface area contributed by atoms with Crippen LogP contribution in [0.15, 0.2) is 12.7 Å². The van der Waals surface area contributed by atoms with Crippen LogP contribution >= 0.6 is 0 Å². The summed E-state index contributed by atoms with van der Waals surface area (Å²) in [7, 11) is 0. The van der Waals surface area contributed by atoms with Gasteiger partial charge in [-0.2, -0.15) is 0 Å². The molecule has 1 heterocycles. The number of nitrogens with zero attached hydrogens (tertiary/aromatic N) is 1. The van der Waals surface area contributed by atoms with Crippen LogP contribution in [0, 0.1) is 11.8 Å². The lowest BCUT2D eigenvalue weighted by Crippen LogP contribution is -2.46. The molecule has 2 atom stereocenters. The Kier molecular flexibility index (Phi) is 4.57. The van der Waals surface area contributed by atoms with Crippen molar-refractivity contribution in [1.82, 2.24) is 4.90 Å². The van der Waals surface area contributed by atoms with Crippen molar-refractivity contribution in [3.8, 4) is 0 Å². The van der Waals surface area contributed by atoms with Gasteiger partial charge in [0.2, 0.25) is 0 Å². The number of likely N-dealkylation sites (tertiary alicyclic amines) is 1. The van der Waals surface area contributed by atoms with Gasteiger partial charge in [0.25, 0.3) is 0 Å². The van der Waals surface area contributed by atoms with Gasteiger partial charge >= 0.3 is 6.09 Å². The monoisotopic (exact) mass is 240 g/mol. The Bertz CT molecular complexity index is 284. The largest absolute Gasteiger partial charge is 0.444 e. The third-order valence-corrected chi connectivity index (χ3v) is 3.06. The van der Waals surface area contributed by atoms with Crippen LogP contribution in [-0.2, 0) is 4.74 Å². The van der Waals surface area contributed by atoms with Gasteiger partial charge < -0.3 is 15.4 Å². The van der Waals surface area contributed by atoms with Crippen molar-refractivity contribution >= 4 is 6.09 Å². The van der Waals surface area contributed by atoms with E-state index in [0.29, 0.717) is 19.0 Å². The molecule has 0 aromatic rings. The van der Waals surface area contributed by atoms with Crippen LogP contribution in [0.3, 0.4) is 0 Å². The minimum Gasteiger partial charge on any atom is -0.444 e. The highest BCUT2D eigenvalue weighted by molar-refractivity contribution is 5.68. The summed E-state index contributed by atoms with van der Waals surface area (Å²) >= 11 is 0. The molecule has 0 spiro atoms. The summed E-state index contributed by atoms with van der Waals surface area (Å²) in [6, 6.07) is 0. The van der Waals surface area contributed by atoms with Gasteiger partial charge in [0.1, 0.15) is 5.60 Å². The van der Waals surface area contributed by atoms with Crippen molar-refractivity contribution in [1.29, 1.82) is 0 Å². The van der Waals surface area contributed by atoms with E-state index >= 15 is 0 Å². The lowest BCUT2D eigenvalue weighted by molar-refractivity contribution is 0.0142. The molecule has 1 amide bonds. The minimum absolute atomic E-state index is 0.236. The van der Waals surface area contributed by atoms with Gasteiger partial charge in [0, 0.05) is 13.1 Å². The number of hydrogen-bond donors (Lipinski definition) is 1. The molecule has 4 heteroatoms. The molecule has 1 rings (SSSR count). The second-order valence-electron chi connectivity index (χ2n) is 5.61. The first-order valence-corrected chi connectivity index (χ1v) is 6.18. The average molecular weight is 240 g/mol. The van der Waals surface area contributed by atoms with Crippen LogP contribution in [0.25, 0.3) is 0 Å². The maximum Gasteiger partial charge on any atom is 0.410 e. The Hall–Kier alpha value is -1.03. The number of hydrogen-bond acceptors (Lipinski definition) is 3. The quantitative estimate of drug-likeness (QED) is 0.751. The third kappa shape index (κ3) is 4.04. The van der Waals surface area contributed by atoms with Crippen molar-refractivity contribution in [2.24, 2.45) is 17.6 Å². The van der Waals surface area contributed by atoms with Gasteiger partial charge in [-0.25, -0.2) is 4.79 Å². The van der Waals surface area contributed by atoms with E-state index in [9.17, 15) is 4.79 Å². The summed E-state index contributed by atoms with van der Waals surface area (Å²) in [6.07, 6.45) is 2.58. The van der Waals surface area contributed by atoms with E-state index in [-0.39, 0.29) is 12.0 Å². The molecule has 1 saturated heterocycles. The van der Waals surface area contributed by atoms with Crippen LogP contribution in [0.5, 0.6) is 0 Å². The van der Waals surface area contributed by atoms with Gasteiger partial charge in [-0.05, 0) is 45.6 Å². The van der Waals surface area contributed by atoms with Gasteiger partial charge in [-0.3, -0.25) is 0 Å². The van der Waals surface area contributed by atoms with E-state index in [1.807, 2.05) is 26.8 Å². The fourth-order valence-corrected chi connectivity index (χ4v) is 2.08. The van der Waals surface area contributed by atoms with Crippen molar-refractivity contribution in [2.45, 2.75) is 32.8 Å². The predicted octanol–water partition coefficient (Wildman–Crippen LogP) is 2.00. The molecule has 0 aromatic carbocycles. The molecule has 0 aromatic heterocycles. The third-order valence-electron chi connectivity index (χ3n) is 3.06. The van der Waals surface area contributed by atoms with E-state index in [1.165, 1.54) is 0 Å². The summed E-state index contributed by atoms with van der Waals surface area (Å²) in [6.45, 7) is 11.5. The first-order valence-electron chi connectivity index (χ1n) is 6.18. The van der Waals surface area contributed by atoms with Crippen LogP contribution in [0.2, 0.25) is 0 Å². The van der Waals surface area contributed by atoms with Gasteiger partial charge in [0.05, 0.1) is 0 Å². The smallest absolute Gasteiger partial charge is 0.410 e. The predicted molar refractivity (Wildman–Crippen MR) is 68.7 cm³/mol. The van der Waals surface area contributed by atoms with Gasteiger partial charge in [-0.15, -0.1) is 6.58 Å². The summed E-state index contributed by atoms with van der Waals surface area (Å²) in [5, 5.41) is 0. The highest BCUT2D eigenvalue weighted by atomic mass is 16.6. The number of nitrogens with two attached hydrogens (primary N) is 1. The highest BCUT2D eigenvalue weighted by Gasteiger charge is 2.31. The number of amides is 1. The first kappa shape index (κ1) is 14.0. The zero-order valence-electron chi connectivity index (χ0n) is 11.1. The molecule has 0 unspecified atom stereocenters. The Balaban J connectivity index is 2.57. The number of rotatable bonds is 2. The maximum atomic E-state index is 11.9. The van der Waals surface area contributed by atoms with Crippen molar-refractivity contribution in [2.75, 3.05) is 19.6 Å². The zero-order chi connectivity index (χ0) is 13.1. The minimum atomic E-state index is -0.439. The number of carbonyl (C=O) groups excluding carboxylic acids is 1. The van der Waals surface area contributed by atoms with Crippen LogP contribution in [0.1, 0.15) is 27.2 Å². The second kappa shape index (κ2) is 5.54. The molecule has 1 aliphatic heterocycles. The Labute approximate surface area is 104 Å². The molecular weight excluding hydrogens is 216 g/mol. The van der Waals surface area contributed by atoms with E-state index in [4.69, 9.17) is 10.5 Å². The highest BCUT2D eigenvalue weighted by Crippen LogP contribution is 2.24. The Morgan fingerprint density at radius 2 is 2.24 bits per heavy atom. The fraction of sp³-hybridized carbons (Fsp3) is 0.769.